The van der Waals surface area contributed by atoms with Gasteiger partial charge in [0.25, 0.3) is 5.91 Å². The van der Waals surface area contributed by atoms with Gasteiger partial charge in [0, 0.05) is 18.0 Å². The number of nitrogens with zero attached hydrogens (tertiary/aromatic N) is 1. The Bertz CT molecular complexity index is 1190. The van der Waals surface area contributed by atoms with Crippen LogP contribution in [-0.2, 0) is 0 Å². The Morgan fingerprint density at radius 2 is 1.90 bits per heavy atom. The van der Waals surface area contributed by atoms with Crippen LogP contribution in [0.1, 0.15) is 48.0 Å². The fourth-order valence-corrected chi connectivity index (χ4v) is 4.52. The maximum atomic E-state index is 14.1. The van der Waals surface area contributed by atoms with Crippen LogP contribution in [0, 0.1) is 5.82 Å². The molecule has 0 radical (unpaired) electrons. The van der Waals surface area contributed by atoms with Crippen LogP contribution in [0.15, 0.2) is 51.7 Å². The van der Waals surface area contributed by atoms with Crippen LogP contribution in [0.5, 0.6) is 0 Å². The van der Waals surface area contributed by atoms with Gasteiger partial charge in [-0.05, 0) is 49.7 Å². The normalized spacial score (nSPS) is 15.8. The van der Waals surface area contributed by atoms with Crippen LogP contribution >= 0.6 is 11.6 Å². The molecule has 1 atom stereocenters. The van der Waals surface area contributed by atoms with Crippen molar-refractivity contribution in [2.24, 2.45) is 0 Å². The van der Waals surface area contributed by atoms with Crippen molar-refractivity contribution in [2.45, 2.75) is 26.3 Å². The Kier molecular flexibility index (Phi) is 6.12. The van der Waals surface area contributed by atoms with Gasteiger partial charge < -0.3 is 14.2 Å². The van der Waals surface area contributed by atoms with Gasteiger partial charge in [0.1, 0.15) is 11.4 Å². The average molecular weight is 444 g/mol. The highest BCUT2D eigenvalue weighted by Crippen LogP contribution is 2.38. The standard InChI is InChI=1S/C24H24ClFN2O3/c1-3-27(4-2)11-6-12-28-21(15-7-5-8-17(26)13-15)20-22(29)18-14-16(25)9-10-19(18)31-23(20)24(28)30/h5,7-10,13-14,21H,3-4,6,11-12H2,1-2H3/p+1/t21-/m1/s1. The minimum absolute atomic E-state index is 0.0317. The first-order valence-corrected chi connectivity index (χ1v) is 11.0. The molecule has 0 saturated carbocycles. The molecule has 1 N–H and O–H groups in total. The summed E-state index contributed by atoms with van der Waals surface area (Å²) in [6.45, 7) is 7.62. The van der Waals surface area contributed by atoms with Gasteiger partial charge in [-0.2, -0.15) is 0 Å². The molecular weight excluding hydrogens is 419 g/mol. The third-order valence-corrected chi connectivity index (χ3v) is 6.26. The number of hydrogen-bond donors (Lipinski definition) is 1. The topological polar surface area (TPSA) is 55.0 Å². The lowest BCUT2D eigenvalue weighted by molar-refractivity contribution is -0.896. The van der Waals surface area contributed by atoms with Crippen LogP contribution in [-0.4, -0.2) is 37.0 Å². The van der Waals surface area contributed by atoms with E-state index in [9.17, 15) is 14.0 Å². The lowest BCUT2D eigenvalue weighted by atomic mass is 9.98. The van der Waals surface area contributed by atoms with E-state index in [-0.39, 0.29) is 22.7 Å². The predicted molar refractivity (Wildman–Crippen MR) is 118 cm³/mol. The molecule has 31 heavy (non-hydrogen) atoms. The third-order valence-electron chi connectivity index (χ3n) is 6.02. The molecule has 2 heterocycles. The highest BCUT2D eigenvalue weighted by molar-refractivity contribution is 6.31. The number of quaternary nitrogens is 1. The molecule has 0 aliphatic carbocycles. The molecule has 0 unspecified atom stereocenters. The molecule has 0 bridgehead atoms. The lowest BCUT2D eigenvalue weighted by Crippen LogP contribution is -3.11. The van der Waals surface area contributed by atoms with Crippen LogP contribution in [0.2, 0.25) is 5.02 Å². The SMILES string of the molecule is CC[NH+](CC)CCCN1C(=O)c2oc3ccc(Cl)cc3c(=O)c2[C@H]1c1cccc(F)c1. The number of amides is 1. The molecule has 0 saturated heterocycles. The largest absolute Gasteiger partial charge is 0.450 e. The summed E-state index contributed by atoms with van der Waals surface area (Å²) in [4.78, 5) is 29.8. The molecule has 3 aromatic rings. The molecule has 162 valence electrons. The van der Waals surface area contributed by atoms with Gasteiger partial charge in [-0.15, -0.1) is 0 Å². The Balaban J connectivity index is 1.81. The Morgan fingerprint density at radius 3 is 2.61 bits per heavy atom. The minimum Gasteiger partial charge on any atom is -0.450 e. The lowest BCUT2D eigenvalue weighted by Gasteiger charge is -2.26. The van der Waals surface area contributed by atoms with Crippen molar-refractivity contribution in [3.8, 4) is 0 Å². The van der Waals surface area contributed by atoms with Gasteiger partial charge in [0.2, 0.25) is 5.76 Å². The van der Waals surface area contributed by atoms with Crippen LogP contribution in [0.4, 0.5) is 4.39 Å². The zero-order valence-electron chi connectivity index (χ0n) is 17.6. The predicted octanol–water partition coefficient (Wildman–Crippen LogP) is 3.45. The van der Waals surface area contributed by atoms with E-state index in [1.807, 2.05) is 0 Å². The van der Waals surface area contributed by atoms with Crippen molar-refractivity contribution in [1.82, 2.24) is 4.90 Å². The van der Waals surface area contributed by atoms with Gasteiger partial charge in [0.05, 0.1) is 36.6 Å². The van der Waals surface area contributed by atoms with Gasteiger partial charge in [-0.25, -0.2) is 4.39 Å². The van der Waals surface area contributed by atoms with Gasteiger partial charge in [-0.3, -0.25) is 9.59 Å². The molecule has 0 spiro atoms. The molecule has 4 rings (SSSR count). The van der Waals surface area contributed by atoms with E-state index in [4.69, 9.17) is 16.0 Å². The number of carbonyl (C=O) groups excluding carboxylic acids is 1. The van der Waals surface area contributed by atoms with Crippen molar-refractivity contribution in [3.63, 3.8) is 0 Å². The average Bonchev–Trinajstić information content (AvgIpc) is 3.04. The Labute approximate surface area is 185 Å². The summed E-state index contributed by atoms with van der Waals surface area (Å²) < 4.78 is 19.9. The Morgan fingerprint density at radius 1 is 1.13 bits per heavy atom. The minimum atomic E-state index is -0.690. The number of nitrogens with one attached hydrogen (secondary N) is 1. The van der Waals surface area contributed by atoms with Crippen LogP contribution in [0.3, 0.4) is 0 Å². The molecular formula is C24H25ClFN2O3+. The second-order valence-corrected chi connectivity index (χ2v) is 8.27. The summed E-state index contributed by atoms with van der Waals surface area (Å²) in [7, 11) is 0. The van der Waals surface area contributed by atoms with Crippen molar-refractivity contribution in [3.05, 3.63) is 80.4 Å². The zero-order valence-corrected chi connectivity index (χ0v) is 18.3. The van der Waals surface area contributed by atoms with Gasteiger partial charge in [0.15, 0.2) is 5.43 Å². The van der Waals surface area contributed by atoms with Crippen molar-refractivity contribution < 1.29 is 18.5 Å². The van der Waals surface area contributed by atoms with E-state index < -0.39 is 11.9 Å². The summed E-state index contributed by atoms with van der Waals surface area (Å²) in [5.41, 5.74) is 0.809. The summed E-state index contributed by atoms with van der Waals surface area (Å²) >= 11 is 6.09. The fourth-order valence-electron chi connectivity index (χ4n) is 4.35. The number of benzene rings is 2. The maximum absolute atomic E-state index is 14.1. The van der Waals surface area contributed by atoms with Crippen LogP contribution in [0.25, 0.3) is 11.0 Å². The fraction of sp³-hybridized carbons (Fsp3) is 0.333. The summed E-state index contributed by atoms with van der Waals surface area (Å²) in [6.07, 6.45) is 0.766. The molecule has 1 aliphatic rings. The van der Waals surface area contributed by atoms with Crippen molar-refractivity contribution in [1.29, 1.82) is 0 Å². The highest BCUT2D eigenvalue weighted by atomic mass is 35.5. The maximum Gasteiger partial charge on any atom is 0.290 e. The van der Waals surface area contributed by atoms with E-state index in [0.717, 1.165) is 26.1 Å². The third kappa shape index (κ3) is 3.98. The summed E-state index contributed by atoms with van der Waals surface area (Å²) in [5.74, 6) is -0.726. The number of halogens is 2. The molecule has 2 aromatic carbocycles. The van der Waals surface area contributed by atoms with Crippen LogP contribution < -0.4 is 10.3 Å². The van der Waals surface area contributed by atoms with E-state index >= 15 is 0 Å². The number of rotatable bonds is 7. The van der Waals surface area contributed by atoms with E-state index in [0.29, 0.717) is 28.1 Å². The second kappa shape index (κ2) is 8.81. The van der Waals surface area contributed by atoms with Crippen molar-refractivity contribution in [2.75, 3.05) is 26.2 Å². The van der Waals surface area contributed by atoms with E-state index in [1.165, 1.54) is 17.0 Å². The number of hydrogen-bond acceptors (Lipinski definition) is 3. The first-order valence-electron chi connectivity index (χ1n) is 10.6. The van der Waals surface area contributed by atoms with Crippen molar-refractivity contribution >= 4 is 28.5 Å². The number of carbonyl (C=O) groups is 1. The number of fused-ring (bicyclic) bond motifs is 2. The Hall–Kier alpha value is -2.70. The molecule has 1 amide bonds. The quantitative estimate of drug-likeness (QED) is 0.608. The van der Waals surface area contributed by atoms with Gasteiger partial charge in [-0.1, -0.05) is 23.7 Å². The van der Waals surface area contributed by atoms with E-state index in [1.54, 1.807) is 35.2 Å². The zero-order chi connectivity index (χ0) is 22.1. The smallest absolute Gasteiger partial charge is 0.290 e. The molecule has 1 aliphatic heterocycles. The first kappa shape index (κ1) is 21.5. The highest BCUT2D eigenvalue weighted by Gasteiger charge is 2.42. The summed E-state index contributed by atoms with van der Waals surface area (Å²) in [5, 5.41) is 0.723. The summed E-state index contributed by atoms with van der Waals surface area (Å²) in [6, 6.07) is 10.1. The second-order valence-electron chi connectivity index (χ2n) is 7.83. The van der Waals surface area contributed by atoms with E-state index in [2.05, 4.69) is 13.8 Å². The molecule has 1 aromatic heterocycles. The first-order chi connectivity index (χ1) is 14.9. The van der Waals surface area contributed by atoms with Gasteiger partial charge >= 0.3 is 0 Å². The molecule has 0 fully saturated rings. The monoisotopic (exact) mass is 443 g/mol. The molecule has 7 heteroatoms. The molecule has 5 nitrogen and oxygen atoms in total.